The van der Waals surface area contributed by atoms with Gasteiger partial charge in [0.2, 0.25) is 0 Å². The quantitative estimate of drug-likeness (QED) is 0.296. The van der Waals surface area contributed by atoms with E-state index in [1.807, 2.05) is 13.8 Å². The maximum atomic E-state index is 11.3. The zero-order valence-corrected chi connectivity index (χ0v) is 10.8. The SMILES string of the molecule is CCOC(=O)/C(CC(C)CCC(O)CC)=N/O. The van der Waals surface area contributed by atoms with Crippen LogP contribution in [0.5, 0.6) is 0 Å². The minimum absolute atomic E-state index is 0.0466. The summed E-state index contributed by atoms with van der Waals surface area (Å²) in [4.78, 5) is 11.3. The van der Waals surface area contributed by atoms with Gasteiger partial charge in [-0.2, -0.15) is 0 Å². The molecule has 0 fully saturated rings. The highest BCUT2D eigenvalue weighted by Gasteiger charge is 2.17. The molecule has 0 aromatic carbocycles. The molecule has 5 heteroatoms. The van der Waals surface area contributed by atoms with Crippen LogP contribution in [0.4, 0.5) is 0 Å². The molecule has 0 bridgehead atoms. The first-order valence-corrected chi connectivity index (χ1v) is 6.11. The van der Waals surface area contributed by atoms with Crippen molar-refractivity contribution in [2.24, 2.45) is 11.1 Å². The number of aliphatic hydroxyl groups is 1. The molecule has 0 aliphatic carbocycles. The average Bonchev–Trinajstić information content (AvgIpc) is 2.33. The Hall–Kier alpha value is -1.10. The molecular formula is C12H23NO4. The highest BCUT2D eigenvalue weighted by atomic mass is 16.5. The van der Waals surface area contributed by atoms with Gasteiger partial charge in [0.15, 0.2) is 5.71 Å². The molecule has 0 heterocycles. The van der Waals surface area contributed by atoms with Crippen LogP contribution in [0, 0.1) is 5.92 Å². The number of carbonyl (C=O) groups is 1. The summed E-state index contributed by atoms with van der Waals surface area (Å²) < 4.78 is 4.76. The molecule has 0 rings (SSSR count). The Morgan fingerprint density at radius 3 is 2.47 bits per heavy atom. The maximum Gasteiger partial charge on any atom is 0.356 e. The maximum absolute atomic E-state index is 11.3. The smallest absolute Gasteiger partial charge is 0.356 e. The van der Waals surface area contributed by atoms with Crippen molar-refractivity contribution in [3.05, 3.63) is 0 Å². The van der Waals surface area contributed by atoms with Crippen molar-refractivity contribution in [1.82, 2.24) is 0 Å². The number of aliphatic hydroxyl groups excluding tert-OH is 1. The molecule has 2 atom stereocenters. The monoisotopic (exact) mass is 245 g/mol. The third-order valence-corrected chi connectivity index (χ3v) is 2.64. The third kappa shape index (κ3) is 6.94. The summed E-state index contributed by atoms with van der Waals surface area (Å²) in [6, 6.07) is 0. The lowest BCUT2D eigenvalue weighted by Crippen LogP contribution is -2.20. The van der Waals surface area contributed by atoms with E-state index >= 15 is 0 Å². The minimum Gasteiger partial charge on any atom is -0.461 e. The molecule has 0 aliphatic heterocycles. The second kappa shape index (κ2) is 8.98. The summed E-state index contributed by atoms with van der Waals surface area (Å²) in [6.07, 6.45) is 2.28. The number of nitrogens with zero attached hydrogens (tertiary/aromatic N) is 1. The van der Waals surface area contributed by atoms with Crippen molar-refractivity contribution in [2.75, 3.05) is 6.61 Å². The molecule has 0 aromatic rings. The lowest BCUT2D eigenvalue weighted by molar-refractivity contribution is -0.135. The van der Waals surface area contributed by atoms with Gasteiger partial charge in [0.05, 0.1) is 12.7 Å². The van der Waals surface area contributed by atoms with Crippen molar-refractivity contribution < 1.29 is 19.8 Å². The molecule has 2 N–H and O–H groups in total. The molecule has 0 saturated carbocycles. The molecule has 0 aliphatic rings. The first-order chi connectivity index (χ1) is 8.04. The molecule has 100 valence electrons. The fraction of sp³-hybridized carbons (Fsp3) is 0.833. The molecule has 0 amide bonds. The van der Waals surface area contributed by atoms with E-state index in [1.165, 1.54) is 0 Å². The number of hydrogen-bond acceptors (Lipinski definition) is 5. The van der Waals surface area contributed by atoms with Crippen molar-refractivity contribution >= 4 is 11.7 Å². The fourth-order valence-corrected chi connectivity index (χ4v) is 1.49. The largest absolute Gasteiger partial charge is 0.461 e. The van der Waals surface area contributed by atoms with Crippen LogP contribution >= 0.6 is 0 Å². The van der Waals surface area contributed by atoms with E-state index in [4.69, 9.17) is 9.94 Å². The highest BCUT2D eigenvalue weighted by molar-refractivity contribution is 6.36. The Balaban J connectivity index is 4.07. The third-order valence-electron chi connectivity index (χ3n) is 2.64. The van der Waals surface area contributed by atoms with Crippen LogP contribution < -0.4 is 0 Å². The van der Waals surface area contributed by atoms with E-state index in [0.717, 1.165) is 12.8 Å². The number of rotatable bonds is 8. The van der Waals surface area contributed by atoms with Gasteiger partial charge >= 0.3 is 5.97 Å². The lowest BCUT2D eigenvalue weighted by Gasteiger charge is -2.13. The van der Waals surface area contributed by atoms with Gasteiger partial charge < -0.3 is 15.1 Å². The van der Waals surface area contributed by atoms with Crippen molar-refractivity contribution in [3.63, 3.8) is 0 Å². The van der Waals surface area contributed by atoms with E-state index in [2.05, 4.69) is 5.16 Å². The molecule has 0 spiro atoms. The zero-order chi connectivity index (χ0) is 13.3. The van der Waals surface area contributed by atoms with Gasteiger partial charge in [0.25, 0.3) is 0 Å². The normalized spacial score (nSPS) is 15.4. The van der Waals surface area contributed by atoms with Crippen LogP contribution in [0.1, 0.15) is 46.5 Å². The van der Waals surface area contributed by atoms with Gasteiger partial charge in [-0.3, -0.25) is 0 Å². The summed E-state index contributed by atoms with van der Waals surface area (Å²) >= 11 is 0. The van der Waals surface area contributed by atoms with Gasteiger partial charge in [0.1, 0.15) is 0 Å². The minimum atomic E-state index is -0.571. The summed E-state index contributed by atoms with van der Waals surface area (Å²) in [6.45, 7) is 5.84. The van der Waals surface area contributed by atoms with Crippen LogP contribution in [0.25, 0.3) is 0 Å². The van der Waals surface area contributed by atoms with Crippen LogP contribution in [0.3, 0.4) is 0 Å². The second-order valence-corrected chi connectivity index (χ2v) is 4.22. The van der Waals surface area contributed by atoms with Gasteiger partial charge in [-0.1, -0.05) is 19.0 Å². The first-order valence-electron chi connectivity index (χ1n) is 6.11. The van der Waals surface area contributed by atoms with E-state index in [9.17, 15) is 9.90 Å². The molecule has 17 heavy (non-hydrogen) atoms. The Bertz CT molecular complexity index is 253. The predicted molar refractivity (Wildman–Crippen MR) is 65.2 cm³/mol. The van der Waals surface area contributed by atoms with Gasteiger partial charge in [-0.25, -0.2) is 4.79 Å². The first kappa shape index (κ1) is 15.9. The van der Waals surface area contributed by atoms with Gasteiger partial charge in [-0.15, -0.1) is 0 Å². The van der Waals surface area contributed by atoms with E-state index in [-0.39, 0.29) is 24.3 Å². The number of carbonyl (C=O) groups excluding carboxylic acids is 1. The second-order valence-electron chi connectivity index (χ2n) is 4.22. The Kier molecular flexibility index (Phi) is 8.40. The van der Waals surface area contributed by atoms with E-state index < -0.39 is 5.97 Å². The van der Waals surface area contributed by atoms with Crippen molar-refractivity contribution in [1.29, 1.82) is 0 Å². The lowest BCUT2D eigenvalue weighted by atomic mass is 9.96. The zero-order valence-electron chi connectivity index (χ0n) is 10.8. The summed E-state index contributed by atoms with van der Waals surface area (Å²) in [5, 5.41) is 21.1. The summed E-state index contributed by atoms with van der Waals surface area (Å²) in [5.74, 6) is -0.399. The standard InChI is InChI=1S/C12H23NO4/c1-4-10(14)7-6-9(3)8-11(13-16)12(15)17-5-2/h9-10,14,16H,4-8H2,1-3H3/b13-11+. The average molecular weight is 245 g/mol. The molecule has 2 unspecified atom stereocenters. The molecule has 5 nitrogen and oxygen atoms in total. The van der Waals surface area contributed by atoms with Crippen molar-refractivity contribution in [3.8, 4) is 0 Å². The number of hydrogen-bond donors (Lipinski definition) is 2. The van der Waals surface area contributed by atoms with Gasteiger partial charge in [0, 0.05) is 6.42 Å². The summed E-state index contributed by atoms with van der Waals surface area (Å²) in [5.41, 5.74) is 0.0466. The van der Waals surface area contributed by atoms with E-state index in [1.54, 1.807) is 6.92 Å². The van der Waals surface area contributed by atoms with Crippen LogP contribution in [-0.2, 0) is 9.53 Å². The fourth-order valence-electron chi connectivity index (χ4n) is 1.49. The van der Waals surface area contributed by atoms with Gasteiger partial charge in [-0.05, 0) is 32.1 Å². The molecule has 0 radical (unpaired) electrons. The van der Waals surface area contributed by atoms with Crippen molar-refractivity contribution in [2.45, 2.75) is 52.6 Å². The Labute approximate surface area is 102 Å². The Morgan fingerprint density at radius 1 is 1.35 bits per heavy atom. The van der Waals surface area contributed by atoms with E-state index in [0.29, 0.717) is 12.8 Å². The summed E-state index contributed by atoms with van der Waals surface area (Å²) in [7, 11) is 0. The topological polar surface area (TPSA) is 79.1 Å². The van der Waals surface area contributed by atoms with Crippen LogP contribution in [0.2, 0.25) is 0 Å². The number of ether oxygens (including phenoxy) is 1. The molecule has 0 aromatic heterocycles. The Morgan fingerprint density at radius 2 is 2.00 bits per heavy atom. The number of esters is 1. The molecular weight excluding hydrogens is 222 g/mol. The molecule has 0 saturated heterocycles. The highest BCUT2D eigenvalue weighted by Crippen LogP contribution is 2.14. The number of oxime groups is 1. The predicted octanol–water partition coefficient (Wildman–Crippen LogP) is 1.96. The van der Waals surface area contributed by atoms with Crippen LogP contribution in [0.15, 0.2) is 5.16 Å². The van der Waals surface area contributed by atoms with Crippen LogP contribution in [-0.4, -0.2) is 34.7 Å².